The first-order valence-corrected chi connectivity index (χ1v) is 12.6. The first-order chi connectivity index (χ1) is 14.7. The zero-order valence-corrected chi connectivity index (χ0v) is 18.9. The number of benzene rings is 1. The molecule has 0 unspecified atom stereocenters. The first kappa shape index (κ1) is 20.6. The molecule has 0 radical (unpaired) electrons. The van der Waals surface area contributed by atoms with E-state index in [-0.39, 0.29) is 0 Å². The van der Waals surface area contributed by atoms with E-state index >= 15 is 0 Å². The number of anilines is 1. The lowest BCUT2D eigenvalue weighted by Crippen LogP contribution is -2.47. The van der Waals surface area contributed by atoms with Crippen LogP contribution in [0.2, 0.25) is 5.02 Å². The van der Waals surface area contributed by atoms with Crippen molar-refractivity contribution >= 4 is 28.2 Å². The number of halogens is 1. The Kier molecular flexibility index (Phi) is 6.20. The fraction of sp³-hybridized carbons (Fsp3) is 0.654. The van der Waals surface area contributed by atoms with Gasteiger partial charge in [0.1, 0.15) is 0 Å². The fourth-order valence-corrected chi connectivity index (χ4v) is 7.29. The van der Waals surface area contributed by atoms with Crippen molar-refractivity contribution in [1.82, 2.24) is 10.3 Å². The molecule has 6 rings (SSSR count). The Hall–Kier alpha value is -1.32. The second-order valence-corrected chi connectivity index (χ2v) is 10.9. The minimum atomic E-state index is 0.725. The fourth-order valence-electron chi connectivity index (χ4n) is 7.12. The quantitative estimate of drug-likeness (QED) is 0.417. The summed E-state index contributed by atoms with van der Waals surface area (Å²) in [6.45, 7) is 3.41. The second-order valence-electron chi connectivity index (χ2n) is 10.4. The minimum Gasteiger partial charge on any atom is -0.384 e. The summed E-state index contributed by atoms with van der Waals surface area (Å²) < 4.78 is 0. The number of hydrogen-bond donors (Lipinski definition) is 2. The van der Waals surface area contributed by atoms with Crippen molar-refractivity contribution < 1.29 is 0 Å². The van der Waals surface area contributed by atoms with E-state index in [0.717, 1.165) is 51.3 Å². The Morgan fingerprint density at radius 2 is 1.63 bits per heavy atom. The largest absolute Gasteiger partial charge is 0.384 e. The normalized spacial score (nSPS) is 29.6. The molecule has 4 bridgehead atoms. The van der Waals surface area contributed by atoms with Crippen LogP contribution in [0.5, 0.6) is 0 Å². The van der Waals surface area contributed by atoms with E-state index in [1.54, 1.807) is 38.5 Å². The molecule has 2 N–H and O–H groups in total. The zero-order chi connectivity index (χ0) is 20.4. The number of rotatable bonds is 10. The van der Waals surface area contributed by atoms with Crippen LogP contribution in [0.25, 0.3) is 10.9 Å². The summed E-state index contributed by atoms with van der Waals surface area (Å²) in [5.41, 5.74) is 2.84. The standard InChI is InChI=1S/C26H36ClN3/c27-22-4-5-23-24(6-10-30-25(23)15-22)29-9-3-1-2-8-28-11-7-26-16-19-12-20(17-26)14-21(13-19)18-26/h4-6,10,15,19-21,28H,1-3,7-9,11-14,16-18H2,(H,29,30). The Labute approximate surface area is 186 Å². The average molecular weight is 426 g/mol. The SMILES string of the molecule is Clc1ccc2c(NCCCCCNCCC34CC5CC(CC(C5)C3)C4)ccnc2c1. The molecular formula is C26H36ClN3. The molecule has 0 saturated heterocycles. The summed E-state index contributed by atoms with van der Waals surface area (Å²) in [4.78, 5) is 4.42. The van der Waals surface area contributed by atoms with E-state index < -0.39 is 0 Å². The van der Waals surface area contributed by atoms with Crippen LogP contribution in [0, 0.1) is 23.2 Å². The first-order valence-electron chi connectivity index (χ1n) is 12.2. The van der Waals surface area contributed by atoms with Gasteiger partial charge in [-0.2, -0.15) is 0 Å². The van der Waals surface area contributed by atoms with E-state index in [2.05, 4.69) is 27.8 Å². The van der Waals surface area contributed by atoms with Gasteiger partial charge in [0.15, 0.2) is 0 Å². The molecule has 0 atom stereocenters. The third kappa shape index (κ3) is 4.62. The molecule has 4 saturated carbocycles. The van der Waals surface area contributed by atoms with Gasteiger partial charge in [0, 0.05) is 28.8 Å². The molecule has 4 aliphatic rings. The van der Waals surface area contributed by atoms with Crippen LogP contribution >= 0.6 is 11.6 Å². The van der Waals surface area contributed by atoms with Crippen LogP contribution in [0.1, 0.15) is 64.2 Å². The predicted molar refractivity (Wildman–Crippen MR) is 127 cm³/mol. The summed E-state index contributed by atoms with van der Waals surface area (Å²) in [6, 6.07) is 7.98. The number of fused-ring (bicyclic) bond motifs is 1. The van der Waals surface area contributed by atoms with Crippen LogP contribution in [0.4, 0.5) is 5.69 Å². The van der Waals surface area contributed by atoms with E-state index in [9.17, 15) is 0 Å². The molecular weight excluding hydrogens is 390 g/mol. The Bertz CT molecular complexity index is 829. The van der Waals surface area contributed by atoms with Gasteiger partial charge in [-0.15, -0.1) is 0 Å². The van der Waals surface area contributed by atoms with Crippen molar-refractivity contribution in [1.29, 1.82) is 0 Å². The van der Waals surface area contributed by atoms with Crippen molar-refractivity contribution in [3.05, 3.63) is 35.5 Å². The van der Waals surface area contributed by atoms with Gasteiger partial charge in [0.2, 0.25) is 0 Å². The number of hydrogen-bond acceptors (Lipinski definition) is 3. The Morgan fingerprint density at radius 1 is 0.900 bits per heavy atom. The highest BCUT2D eigenvalue weighted by Gasteiger charge is 2.50. The molecule has 0 amide bonds. The lowest BCUT2D eigenvalue weighted by atomic mass is 9.49. The van der Waals surface area contributed by atoms with Gasteiger partial charge in [-0.25, -0.2) is 0 Å². The Morgan fingerprint density at radius 3 is 2.40 bits per heavy atom. The predicted octanol–water partition coefficient (Wildman–Crippen LogP) is 6.67. The third-order valence-corrected chi connectivity index (χ3v) is 8.28. The van der Waals surface area contributed by atoms with Gasteiger partial charge >= 0.3 is 0 Å². The third-order valence-electron chi connectivity index (χ3n) is 8.05. The lowest BCUT2D eigenvalue weighted by molar-refractivity contribution is -0.0567. The molecule has 4 fully saturated rings. The minimum absolute atomic E-state index is 0.725. The molecule has 3 nitrogen and oxygen atoms in total. The van der Waals surface area contributed by atoms with Gasteiger partial charge in [0.25, 0.3) is 0 Å². The van der Waals surface area contributed by atoms with Gasteiger partial charge in [0.05, 0.1) is 5.52 Å². The number of nitrogens with zero attached hydrogens (tertiary/aromatic N) is 1. The van der Waals surface area contributed by atoms with E-state index in [1.165, 1.54) is 38.8 Å². The zero-order valence-electron chi connectivity index (χ0n) is 18.1. The van der Waals surface area contributed by atoms with Crippen molar-refractivity contribution in [3.63, 3.8) is 0 Å². The second kappa shape index (κ2) is 9.04. The maximum absolute atomic E-state index is 6.08. The van der Waals surface area contributed by atoms with Gasteiger partial charge < -0.3 is 10.6 Å². The molecule has 4 heteroatoms. The molecule has 1 aromatic carbocycles. The van der Waals surface area contributed by atoms with Crippen LogP contribution < -0.4 is 10.6 Å². The summed E-state index contributed by atoms with van der Waals surface area (Å²) in [5.74, 6) is 3.25. The molecule has 162 valence electrons. The molecule has 1 heterocycles. The number of unbranched alkanes of at least 4 members (excludes halogenated alkanes) is 2. The van der Waals surface area contributed by atoms with Crippen molar-refractivity contribution in [2.24, 2.45) is 23.2 Å². The van der Waals surface area contributed by atoms with Crippen molar-refractivity contribution in [3.8, 4) is 0 Å². The maximum atomic E-state index is 6.08. The maximum Gasteiger partial charge on any atom is 0.0737 e. The highest BCUT2D eigenvalue weighted by atomic mass is 35.5. The van der Waals surface area contributed by atoms with Gasteiger partial charge in [-0.05, 0) is 118 Å². The summed E-state index contributed by atoms with van der Waals surface area (Å²) in [5, 5.41) is 9.22. The average Bonchev–Trinajstić information content (AvgIpc) is 2.71. The lowest BCUT2D eigenvalue weighted by Gasteiger charge is -2.57. The van der Waals surface area contributed by atoms with Crippen LogP contribution in [-0.4, -0.2) is 24.6 Å². The van der Waals surface area contributed by atoms with Gasteiger partial charge in [-0.3, -0.25) is 4.98 Å². The van der Waals surface area contributed by atoms with Crippen LogP contribution in [0.3, 0.4) is 0 Å². The summed E-state index contributed by atoms with van der Waals surface area (Å²) in [6.07, 6.45) is 16.3. The molecule has 30 heavy (non-hydrogen) atoms. The van der Waals surface area contributed by atoms with Crippen LogP contribution in [0.15, 0.2) is 30.5 Å². The highest BCUT2D eigenvalue weighted by Crippen LogP contribution is 2.61. The van der Waals surface area contributed by atoms with Crippen LogP contribution in [-0.2, 0) is 0 Å². The Balaban J connectivity index is 0.965. The number of aromatic nitrogens is 1. The number of pyridine rings is 1. The van der Waals surface area contributed by atoms with Crippen molar-refractivity contribution in [2.75, 3.05) is 25.0 Å². The van der Waals surface area contributed by atoms with E-state index in [4.69, 9.17) is 11.6 Å². The number of nitrogens with one attached hydrogen (secondary N) is 2. The molecule has 1 aromatic heterocycles. The highest BCUT2D eigenvalue weighted by molar-refractivity contribution is 6.31. The summed E-state index contributed by atoms with van der Waals surface area (Å²) in [7, 11) is 0. The molecule has 4 aliphatic carbocycles. The van der Waals surface area contributed by atoms with E-state index in [0.29, 0.717) is 0 Å². The molecule has 0 aliphatic heterocycles. The topological polar surface area (TPSA) is 37.0 Å². The summed E-state index contributed by atoms with van der Waals surface area (Å²) >= 11 is 6.08. The van der Waals surface area contributed by atoms with E-state index in [1.807, 2.05) is 18.3 Å². The monoisotopic (exact) mass is 425 g/mol. The van der Waals surface area contributed by atoms with Crippen molar-refractivity contribution in [2.45, 2.75) is 64.2 Å². The molecule has 2 aromatic rings. The van der Waals surface area contributed by atoms with Gasteiger partial charge in [-0.1, -0.05) is 18.0 Å². The smallest absolute Gasteiger partial charge is 0.0737 e. The molecule has 0 spiro atoms.